The van der Waals surface area contributed by atoms with Crippen LogP contribution in [0.15, 0.2) is 237 Å². The molecular weight excluding hydrogens is 687 g/mol. The fourth-order valence-corrected chi connectivity index (χ4v) is 8.24. The second kappa shape index (κ2) is 15.0. The SMILES string of the molecule is c1ccc(-c2cccc(-c3ccc(N(c4ccc(-c5cc6ccccc6c6ccccc56)cc4)c4ccc(-c5ccccc5)c(-c5ccccc5)c4)cc3)c2)cc1. The van der Waals surface area contributed by atoms with Crippen molar-refractivity contribution in [2.45, 2.75) is 0 Å². The third-order valence-electron chi connectivity index (χ3n) is 11.1. The van der Waals surface area contributed by atoms with Crippen molar-refractivity contribution in [3.05, 3.63) is 237 Å². The number of hydrogen-bond acceptors (Lipinski definition) is 1. The molecule has 0 atom stereocenters. The maximum atomic E-state index is 2.38. The van der Waals surface area contributed by atoms with Crippen LogP contribution in [0, 0.1) is 0 Å². The minimum Gasteiger partial charge on any atom is -0.310 e. The monoisotopic (exact) mass is 725 g/mol. The Balaban J connectivity index is 1.10. The van der Waals surface area contributed by atoms with Crippen LogP contribution in [-0.2, 0) is 0 Å². The van der Waals surface area contributed by atoms with Gasteiger partial charge in [-0.2, -0.15) is 0 Å². The van der Waals surface area contributed by atoms with Gasteiger partial charge in [-0.25, -0.2) is 0 Å². The van der Waals surface area contributed by atoms with Crippen LogP contribution in [0.1, 0.15) is 0 Å². The zero-order chi connectivity index (χ0) is 38.0. The first-order valence-electron chi connectivity index (χ1n) is 19.6. The second-order valence-corrected chi connectivity index (χ2v) is 14.5. The second-order valence-electron chi connectivity index (χ2n) is 14.5. The molecule has 0 saturated heterocycles. The smallest absolute Gasteiger partial charge is 0.0468 e. The average Bonchev–Trinajstić information content (AvgIpc) is 3.30. The van der Waals surface area contributed by atoms with Crippen molar-refractivity contribution in [3.63, 3.8) is 0 Å². The van der Waals surface area contributed by atoms with Crippen molar-refractivity contribution in [2.24, 2.45) is 0 Å². The van der Waals surface area contributed by atoms with Crippen LogP contribution < -0.4 is 4.90 Å². The summed E-state index contributed by atoms with van der Waals surface area (Å²) in [4.78, 5) is 2.38. The van der Waals surface area contributed by atoms with Gasteiger partial charge in [0.25, 0.3) is 0 Å². The van der Waals surface area contributed by atoms with Crippen LogP contribution >= 0.6 is 0 Å². The van der Waals surface area contributed by atoms with E-state index < -0.39 is 0 Å². The highest BCUT2D eigenvalue weighted by Crippen LogP contribution is 2.42. The molecule has 0 radical (unpaired) electrons. The van der Waals surface area contributed by atoms with E-state index in [9.17, 15) is 0 Å². The van der Waals surface area contributed by atoms with Crippen molar-refractivity contribution in [1.82, 2.24) is 0 Å². The minimum atomic E-state index is 1.09. The van der Waals surface area contributed by atoms with Gasteiger partial charge in [0.2, 0.25) is 0 Å². The summed E-state index contributed by atoms with van der Waals surface area (Å²) in [5.41, 5.74) is 15.3. The van der Waals surface area contributed by atoms with Crippen LogP contribution in [-0.4, -0.2) is 0 Å². The summed E-state index contributed by atoms with van der Waals surface area (Å²) < 4.78 is 0. The van der Waals surface area contributed by atoms with Gasteiger partial charge < -0.3 is 4.90 Å². The predicted octanol–water partition coefficient (Wildman–Crippen LogP) is 15.8. The van der Waals surface area contributed by atoms with Crippen molar-refractivity contribution in [3.8, 4) is 55.6 Å². The normalized spacial score (nSPS) is 11.2. The lowest BCUT2D eigenvalue weighted by Gasteiger charge is -2.27. The number of benzene rings is 10. The van der Waals surface area contributed by atoms with E-state index in [2.05, 4.69) is 241 Å². The molecule has 0 fully saturated rings. The van der Waals surface area contributed by atoms with Crippen molar-refractivity contribution in [2.75, 3.05) is 4.90 Å². The van der Waals surface area contributed by atoms with Gasteiger partial charge in [-0.1, -0.05) is 188 Å². The van der Waals surface area contributed by atoms with E-state index in [1.807, 2.05) is 0 Å². The Hall–Kier alpha value is -7.48. The van der Waals surface area contributed by atoms with Gasteiger partial charge in [0.15, 0.2) is 0 Å². The summed E-state index contributed by atoms with van der Waals surface area (Å²) in [6.07, 6.45) is 0. The molecule has 0 heterocycles. The molecule has 0 aromatic heterocycles. The van der Waals surface area contributed by atoms with E-state index in [1.54, 1.807) is 0 Å². The van der Waals surface area contributed by atoms with Gasteiger partial charge in [-0.05, 0) is 126 Å². The Morgan fingerprint density at radius 1 is 0.211 bits per heavy atom. The molecule has 0 aliphatic carbocycles. The maximum Gasteiger partial charge on any atom is 0.0468 e. The highest BCUT2D eigenvalue weighted by atomic mass is 15.1. The molecule has 0 saturated carbocycles. The van der Waals surface area contributed by atoms with Gasteiger partial charge in [-0.15, -0.1) is 0 Å². The average molecular weight is 726 g/mol. The molecule has 0 aliphatic rings. The van der Waals surface area contributed by atoms with Gasteiger partial charge in [0, 0.05) is 17.1 Å². The van der Waals surface area contributed by atoms with Crippen LogP contribution in [0.25, 0.3) is 77.2 Å². The zero-order valence-electron chi connectivity index (χ0n) is 31.5. The van der Waals surface area contributed by atoms with Crippen LogP contribution in [0.5, 0.6) is 0 Å². The Labute approximate surface area is 334 Å². The first-order chi connectivity index (χ1) is 28.3. The molecule has 268 valence electrons. The molecule has 0 unspecified atom stereocenters. The van der Waals surface area contributed by atoms with E-state index in [4.69, 9.17) is 0 Å². The maximum absolute atomic E-state index is 2.38. The Morgan fingerprint density at radius 2 is 0.649 bits per heavy atom. The van der Waals surface area contributed by atoms with Crippen LogP contribution in [0.3, 0.4) is 0 Å². The van der Waals surface area contributed by atoms with E-state index in [0.717, 1.165) is 17.1 Å². The van der Waals surface area contributed by atoms with Crippen LogP contribution in [0.4, 0.5) is 17.1 Å². The van der Waals surface area contributed by atoms with Gasteiger partial charge in [0.1, 0.15) is 0 Å². The number of hydrogen-bond donors (Lipinski definition) is 0. The van der Waals surface area contributed by atoms with E-state index in [1.165, 1.54) is 77.2 Å². The van der Waals surface area contributed by atoms with Gasteiger partial charge >= 0.3 is 0 Å². The van der Waals surface area contributed by atoms with E-state index >= 15 is 0 Å². The molecule has 10 aromatic rings. The number of fused-ring (bicyclic) bond motifs is 3. The molecule has 0 amide bonds. The fourth-order valence-electron chi connectivity index (χ4n) is 8.24. The highest BCUT2D eigenvalue weighted by molar-refractivity contribution is 6.13. The minimum absolute atomic E-state index is 1.09. The van der Waals surface area contributed by atoms with Gasteiger partial charge in [0.05, 0.1) is 0 Å². The topological polar surface area (TPSA) is 3.24 Å². The molecule has 10 aromatic carbocycles. The molecule has 1 heteroatoms. The number of nitrogens with zero attached hydrogens (tertiary/aromatic N) is 1. The highest BCUT2D eigenvalue weighted by Gasteiger charge is 2.18. The van der Waals surface area contributed by atoms with Crippen molar-refractivity contribution < 1.29 is 0 Å². The number of rotatable bonds is 8. The summed E-state index contributed by atoms with van der Waals surface area (Å²) >= 11 is 0. The molecule has 10 rings (SSSR count). The standard InChI is InChI=1S/C56H39N/c1-4-15-40(16-5-1)45-22-14-23-46(37-45)41-27-31-48(32-28-41)57(50-35-36-52(42-17-6-2-7-18-42)56(39-50)43-19-8-3-9-20-43)49-33-29-44(30-34-49)55-38-47-21-10-11-24-51(47)53-25-12-13-26-54(53)55/h1-39H. The summed E-state index contributed by atoms with van der Waals surface area (Å²) in [6.45, 7) is 0. The summed E-state index contributed by atoms with van der Waals surface area (Å²) in [7, 11) is 0. The van der Waals surface area contributed by atoms with E-state index in [0.29, 0.717) is 0 Å². The fraction of sp³-hybridized carbons (Fsp3) is 0. The largest absolute Gasteiger partial charge is 0.310 e. The van der Waals surface area contributed by atoms with Crippen molar-refractivity contribution in [1.29, 1.82) is 0 Å². The molecule has 1 nitrogen and oxygen atoms in total. The first-order valence-corrected chi connectivity index (χ1v) is 19.6. The molecular formula is C56H39N. The molecule has 0 N–H and O–H groups in total. The molecule has 0 bridgehead atoms. The Kier molecular flexibility index (Phi) is 8.95. The Morgan fingerprint density at radius 3 is 1.28 bits per heavy atom. The third kappa shape index (κ3) is 6.66. The summed E-state index contributed by atoms with van der Waals surface area (Å²) in [5, 5.41) is 5.07. The molecule has 0 aliphatic heterocycles. The zero-order valence-corrected chi connectivity index (χ0v) is 31.5. The first kappa shape index (κ1) is 34.0. The molecule has 0 spiro atoms. The summed E-state index contributed by atoms with van der Waals surface area (Å²) in [5.74, 6) is 0. The van der Waals surface area contributed by atoms with Crippen LogP contribution in [0.2, 0.25) is 0 Å². The van der Waals surface area contributed by atoms with Crippen molar-refractivity contribution >= 4 is 38.6 Å². The van der Waals surface area contributed by atoms with Gasteiger partial charge in [-0.3, -0.25) is 0 Å². The number of anilines is 3. The third-order valence-corrected chi connectivity index (χ3v) is 11.1. The lowest BCUT2D eigenvalue weighted by Crippen LogP contribution is -2.10. The molecule has 57 heavy (non-hydrogen) atoms. The predicted molar refractivity (Wildman–Crippen MR) is 243 cm³/mol. The lowest BCUT2D eigenvalue weighted by molar-refractivity contribution is 1.28. The summed E-state index contributed by atoms with van der Waals surface area (Å²) in [6, 6.07) is 85.6. The Bertz CT molecular complexity index is 2970. The lowest BCUT2D eigenvalue weighted by atomic mass is 9.93. The quantitative estimate of drug-likeness (QED) is 0.141. The van der Waals surface area contributed by atoms with E-state index in [-0.39, 0.29) is 0 Å².